The standard InChI is InChI=1S/C16H19ClN2/c17-11-4-12-19(14-6-3-7-14)16-10-9-13-5-1-2-8-15(13)18-16/h1-2,5,8-10,14H,3-4,6-7,11-12H2. The van der Waals surface area contributed by atoms with Gasteiger partial charge in [-0.2, -0.15) is 0 Å². The molecule has 3 rings (SSSR count). The first-order chi connectivity index (χ1) is 9.38. The Morgan fingerprint density at radius 1 is 1.16 bits per heavy atom. The molecule has 0 radical (unpaired) electrons. The molecule has 1 fully saturated rings. The Balaban J connectivity index is 1.89. The first-order valence-electron chi connectivity index (χ1n) is 7.07. The van der Waals surface area contributed by atoms with Crippen molar-refractivity contribution in [2.45, 2.75) is 31.7 Å². The smallest absolute Gasteiger partial charge is 0.129 e. The zero-order valence-electron chi connectivity index (χ0n) is 11.1. The number of pyridine rings is 1. The maximum atomic E-state index is 5.85. The highest BCUT2D eigenvalue weighted by atomic mass is 35.5. The lowest BCUT2D eigenvalue weighted by molar-refractivity contribution is 0.384. The van der Waals surface area contributed by atoms with E-state index in [9.17, 15) is 0 Å². The Morgan fingerprint density at radius 3 is 2.74 bits per heavy atom. The van der Waals surface area contributed by atoms with E-state index in [-0.39, 0.29) is 0 Å². The maximum Gasteiger partial charge on any atom is 0.129 e. The number of rotatable bonds is 5. The number of para-hydroxylation sites is 1. The summed E-state index contributed by atoms with van der Waals surface area (Å²) in [6, 6.07) is 13.3. The van der Waals surface area contributed by atoms with Crippen LogP contribution in [0.1, 0.15) is 25.7 Å². The average Bonchev–Trinajstić information content (AvgIpc) is 2.40. The molecule has 0 spiro atoms. The third kappa shape index (κ3) is 2.69. The third-order valence-corrected chi connectivity index (χ3v) is 4.19. The quantitative estimate of drug-likeness (QED) is 0.759. The molecule has 0 amide bonds. The zero-order chi connectivity index (χ0) is 13.1. The van der Waals surface area contributed by atoms with Gasteiger partial charge in [0.15, 0.2) is 0 Å². The van der Waals surface area contributed by atoms with Crippen molar-refractivity contribution in [3.05, 3.63) is 36.4 Å². The normalized spacial score (nSPS) is 15.4. The summed E-state index contributed by atoms with van der Waals surface area (Å²) in [5.41, 5.74) is 1.08. The van der Waals surface area contributed by atoms with Crippen LogP contribution in [0.4, 0.5) is 5.82 Å². The summed E-state index contributed by atoms with van der Waals surface area (Å²) < 4.78 is 0. The lowest BCUT2D eigenvalue weighted by atomic mass is 9.91. The number of fused-ring (bicyclic) bond motifs is 1. The molecule has 1 aliphatic rings. The molecule has 0 aliphatic heterocycles. The van der Waals surface area contributed by atoms with Crippen LogP contribution in [0, 0.1) is 0 Å². The van der Waals surface area contributed by atoms with Gasteiger partial charge in [-0.1, -0.05) is 18.2 Å². The van der Waals surface area contributed by atoms with Gasteiger partial charge in [0.05, 0.1) is 5.52 Å². The van der Waals surface area contributed by atoms with E-state index in [1.54, 1.807) is 0 Å². The fourth-order valence-corrected chi connectivity index (χ4v) is 2.75. The molecular weight excluding hydrogens is 256 g/mol. The maximum absolute atomic E-state index is 5.85. The molecule has 1 aromatic heterocycles. The minimum absolute atomic E-state index is 0.664. The van der Waals surface area contributed by atoms with Crippen LogP contribution in [0.2, 0.25) is 0 Å². The molecule has 1 saturated carbocycles. The largest absolute Gasteiger partial charge is 0.354 e. The van der Waals surface area contributed by atoms with Gasteiger partial charge in [-0.25, -0.2) is 4.98 Å². The minimum Gasteiger partial charge on any atom is -0.354 e. The molecular formula is C16H19ClN2. The van der Waals surface area contributed by atoms with E-state index in [0.29, 0.717) is 6.04 Å². The Bertz CT molecular complexity index is 551. The highest BCUT2D eigenvalue weighted by Gasteiger charge is 2.25. The molecule has 19 heavy (non-hydrogen) atoms. The van der Waals surface area contributed by atoms with E-state index in [2.05, 4.69) is 35.2 Å². The molecule has 1 heterocycles. The summed E-state index contributed by atoms with van der Waals surface area (Å²) in [5, 5.41) is 1.21. The van der Waals surface area contributed by atoms with Crippen LogP contribution in [0.5, 0.6) is 0 Å². The van der Waals surface area contributed by atoms with Crippen molar-refractivity contribution in [2.24, 2.45) is 0 Å². The van der Waals surface area contributed by atoms with E-state index in [4.69, 9.17) is 16.6 Å². The fourth-order valence-electron chi connectivity index (χ4n) is 2.63. The van der Waals surface area contributed by atoms with Crippen molar-refractivity contribution >= 4 is 28.3 Å². The summed E-state index contributed by atoms with van der Waals surface area (Å²) in [6.45, 7) is 1.01. The molecule has 3 heteroatoms. The molecule has 100 valence electrons. The number of hydrogen-bond acceptors (Lipinski definition) is 2. The van der Waals surface area contributed by atoms with E-state index >= 15 is 0 Å². The molecule has 0 atom stereocenters. The second kappa shape index (κ2) is 5.79. The number of hydrogen-bond donors (Lipinski definition) is 0. The highest BCUT2D eigenvalue weighted by molar-refractivity contribution is 6.17. The van der Waals surface area contributed by atoms with Crippen molar-refractivity contribution in [3.8, 4) is 0 Å². The summed E-state index contributed by atoms with van der Waals surface area (Å²) in [7, 11) is 0. The zero-order valence-corrected chi connectivity index (χ0v) is 11.8. The molecule has 0 N–H and O–H groups in total. The van der Waals surface area contributed by atoms with Gasteiger partial charge in [0, 0.05) is 23.9 Å². The Kier molecular flexibility index (Phi) is 3.88. The van der Waals surface area contributed by atoms with Crippen molar-refractivity contribution < 1.29 is 0 Å². The van der Waals surface area contributed by atoms with Gasteiger partial charge in [0.2, 0.25) is 0 Å². The highest BCUT2D eigenvalue weighted by Crippen LogP contribution is 2.29. The van der Waals surface area contributed by atoms with Crippen LogP contribution in [0.15, 0.2) is 36.4 Å². The summed E-state index contributed by atoms with van der Waals surface area (Å²) in [4.78, 5) is 7.26. The number of nitrogens with zero attached hydrogens (tertiary/aromatic N) is 2. The van der Waals surface area contributed by atoms with Crippen LogP contribution >= 0.6 is 11.6 Å². The van der Waals surface area contributed by atoms with Gasteiger partial charge in [-0.3, -0.25) is 0 Å². The number of anilines is 1. The topological polar surface area (TPSA) is 16.1 Å². The predicted octanol–water partition coefficient (Wildman–Crippen LogP) is 4.22. The molecule has 2 aromatic rings. The fraction of sp³-hybridized carbons (Fsp3) is 0.438. The summed E-state index contributed by atoms with van der Waals surface area (Å²) in [6.07, 6.45) is 4.94. The van der Waals surface area contributed by atoms with Gasteiger partial charge in [0.25, 0.3) is 0 Å². The first-order valence-corrected chi connectivity index (χ1v) is 7.60. The van der Waals surface area contributed by atoms with Crippen LogP contribution in [0.3, 0.4) is 0 Å². The SMILES string of the molecule is ClCCCN(c1ccc2ccccc2n1)C1CCC1. The molecule has 1 aliphatic carbocycles. The van der Waals surface area contributed by atoms with Gasteiger partial charge in [0.1, 0.15) is 5.82 Å². The van der Waals surface area contributed by atoms with Crippen LogP contribution in [-0.2, 0) is 0 Å². The van der Waals surface area contributed by atoms with Gasteiger partial charge in [-0.05, 0) is 43.9 Å². The van der Waals surface area contributed by atoms with Crippen LogP contribution in [-0.4, -0.2) is 23.5 Å². The number of benzene rings is 1. The molecule has 2 nitrogen and oxygen atoms in total. The molecule has 0 saturated heterocycles. The Morgan fingerprint density at radius 2 is 2.00 bits per heavy atom. The predicted molar refractivity (Wildman–Crippen MR) is 82.1 cm³/mol. The van der Waals surface area contributed by atoms with E-state index in [1.165, 1.54) is 24.6 Å². The van der Waals surface area contributed by atoms with Crippen molar-refractivity contribution in [1.82, 2.24) is 4.98 Å². The number of halogens is 1. The molecule has 1 aromatic carbocycles. The van der Waals surface area contributed by atoms with Gasteiger partial charge >= 0.3 is 0 Å². The van der Waals surface area contributed by atoms with Crippen molar-refractivity contribution in [2.75, 3.05) is 17.3 Å². The molecule has 0 unspecified atom stereocenters. The summed E-state index contributed by atoms with van der Waals surface area (Å²) >= 11 is 5.85. The third-order valence-electron chi connectivity index (χ3n) is 3.93. The summed E-state index contributed by atoms with van der Waals surface area (Å²) in [5.74, 6) is 1.82. The minimum atomic E-state index is 0.664. The van der Waals surface area contributed by atoms with Crippen LogP contribution < -0.4 is 4.90 Å². The van der Waals surface area contributed by atoms with Crippen molar-refractivity contribution in [1.29, 1.82) is 0 Å². The second-order valence-corrected chi connectivity index (χ2v) is 5.56. The number of aromatic nitrogens is 1. The Hall–Kier alpha value is -1.28. The van der Waals surface area contributed by atoms with E-state index < -0.39 is 0 Å². The van der Waals surface area contributed by atoms with E-state index in [0.717, 1.165) is 30.2 Å². The monoisotopic (exact) mass is 274 g/mol. The first kappa shape index (κ1) is 12.7. The van der Waals surface area contributed by atoms with Gasteiger partial charge in [-0.15, -0.1) is 11.6 Å². The average molecular weight is 275 g/mol. The van der Waals surface area contributed by atoms with Crippen molar-refractivity contribution in [3.63, 3.8) is 0 Å². The Labute approximate surface area is 119 Å². The second-order valence-electron chi connectivity index (χ2n) is 5.18. The van der Waals surface area contributed by atoms with Gasteiger partial charge < -0.3 is 4.90 Å². The van der Waals surface area contributed by atoms with Crippen LogP contribution in [0.25, 0.3) is 10.9 Å². The molecule has 0 bridgehead atoms. The lowest BCUT2D eigenvalue weighted by Gasteiger charge is -2.38. The van der Waals surface area contributed by atoms with E-state index in [1.807, 2.05) is 6.07 Å². The lowest BCUT2D eigenvalue weighted by Crippen LogP contribution is -2.41. The number of alkyl halides is 1.